The summed E-state index contributed by atoms with van der Waals surface area (Å²) in [5, 5.41) is 3.25. The minimum absolute atomic E-state index is 0.127. The summed E-state index contributed by atoms with van der Waals surface area (Å²) in [5.41, 5.74) is 1.62. The number of nitrogens with one attached hydrogen (secondary N) is 2. The molecular formula is C13H20BrN3O2S. The van der Waals surface area contributed by atoms with E-state index in [1.807, 2.05) is 19.1 Å². The average Bonchev–Trinajstić information content (AvgIpc) is 2.42. The monoisotopic (exact) mass is 361 g/mol. The first kappa shape index (κ1) is 15.8. The average molecular weight is 362 g/mol. The van der Waals surface area contributed by atoms with Gasteiger partial charge in [-0.25, -0.2) is 8.42 Å². The zero-order valence-corrected chi connectivity index (χ0v) is 13.9. The number of anilines is 1. The van der Waals surface area contributed by atoms with E-state index < -0.39 is 10.0 Å². The lowest BCUT2D eigenvalue weighted by atomic mass is 10.2. The molecule has 2 N–H and O–H groups in total. The quantitative estimate of drug-likeness (QED) is 0.832. The fourth-order valence-electron chi connectivity index (χ4n) is 2.12. The molecule has 112 valence electrons. The Balaban J connectivity index is 1.91. The van der Waals surface area contributed by atoms with Gasteiger partial charge in [0.1, 0.15) is 0 Å². The molecule has 1 aromatic rings. The second-order valence-corrected chi connectivity index (χ2v) is 7.67. The Bertz CT molecular complexity index is 557. The molecule has 0 radical (unpaired) electrons. The highest BCUT2D eigenvalue weighted by Crippen LogP contribution is 2.20. The maximum atomic E-state index is 12.1. The van der Waals surface area contributed by atoms with E-state index in [4.69, 9.17) is 0 Å². The molecular weight excluding hydrogens is 342 g/mol. The van der Waals surface area contributed by atoms with Crippen LogP contribution in [0.4, 0.5) is 5.69 Å². The van der Waals surface area contributed by atoms with Gasteiger partial charge in [-0.15, -0.1) is 0 Å². The molecule has 1 aliphatic rings. The minimum atomic E-state index is -3.29. The molecule has 0 aromatic heterocycles. The van der Waals surface area contributed by atoms with Gasteiger partial charge in [0.25, 0.3) is 0 Å². The van der Waals surface area contributed by atoms with Crippen molar-refractivity contribution in [1.82, 2.24) is 10.2 Å². The van der Waals surface area contributed by atoms with Crippen LogP contribution in [-0.2, 0) is 10.0 Å². The summed E-state index contributed by atoms with van der Waals surface area (Å²) in [4.78, 5) is 2.17. The molecule has 20 heavy (non-hydrogen) atoms. The van der Waals surface area contributed by atoms with Crippen LogP contribution < -0.4 is 10.0 Å². The molecule has 0 spiro atoms. The SMILES string of the molecule is Cc1cc(NS(=O)(=O)CCN2CCNCC2)ccc1Br. The zero-order chi connectivity index (χ0) is 14.6. The van der Waals surface area contributed by atoms with Crippen LogP contribution in [0.25, 0.3) is 0 Å². The summed E-state index contributed by atoms with van der Waals surface area (Å²) in [6, 6.07) is 5.44. The second kappa shape index (κ2) is 6.89. The number of aryl methyl sites for hydroxylation is 1. The molecule has 0 bridgehead atoms. The first-order valence-corrected chi connectivity index (χ1v) is 9.10. The van der Waals surface area contributed by atoms with Gasteiger partial charge in [0, 0.05) is 42.9 Å². The fourth-order valence-corrected chi connectivity index (χ4v) is 3.46. The van der Waals surface area contributed by atoms with Gasteiger partial charge in [0.05, 0.1) is 5.75 Å². The fraction of sp³-hybridized carbons (Fsp3) is 0.538. The van der Waals surface area contributed by atoms with E-state index in [1.54, 1.807) is 6.07 Å². The maximum absolute atomic E-state index is 12.1. The van der Waals surface area contributed by atoms with Crippen molar-refractivity contribution in [2.75, 3.05) is 43.2 Å². The van der Waals surface area contributed by atoms with Crippen LogP contribution in [0.2, 0.25) is 0 Å². The smallest absolute Gasteiger partial charge is 0.233 e. The Morgan fingerprint density at radius 3 is 2.70 bits per heavy atom. The third-order valence-electron chi connectivity index (χ3n) is 3.32. The van der Waals surface area contributed by atoms with E-state index in [2.05, 4.69) is 30.9 Å². The number of hydrogen-bond donors (Lipinski definition) is 2. The summed E-state index contributed by atoms with van der Waals surface area (Å²) in [5.74, 6) is 0.127. The van der Waals surface area contributed by atoms with Gasteiger partial charge < -0.3 is 5.32 Å². The van der Waals surface area contributed by atoms with Crippen LogP contribution in [0.3, 0.4) is 0 Å². The molecule has 0 saturated carbocycles. The van der Waals surface area contributed by atoms with Crippen LogP contribution in [-0.4, -0.2) is 51.8 Å². The maximum Gasteiger partial charge on any atom is 0.233 e. The second-order valence-electron chi connectivity index (χ2n) is 4.98. The normalized spacial score (nSPS) is 17.1. The predicted molar refractivity (Wildman–Crippen MR) is 85.6 cm³/mol. The molecule has 5 nitrogen and oxygen atoms in total. The minimum Gasteiger partial charge on any atom is -0.314 e. The van der Waals surface area contributed by atoms with Gasteiger partial charge in [0.2, 0.25) is 10.0 Å². The van der Waals surface area contributed by atoms with E-state index in [0.717, 1.165) is 36.2 Å². The Labute approximate surface area is 128 Å². The van der Waals surface area contributed by atoms with Crippen LogP contribution in [0.15, 0.2) is 22.7 Å². The summed E-state index contributed by atoms with van der Waals surface area (Å²) in [6.45, 7) is 6.19. The van der Waals surface area contributed by atoms with Crippen molar-refractivity contribution < 1.29 is 8.42 Å². The third kappa shape index (κ3) is 4.73. The van der Waals surface area contributed by atoms with E-state index in [0.29, 0.717) is 12.2 Å². The Hall–Kier alpha value is -0.630. The summed E-state index contributed by atoms with van der Waals surface area (Å²) < 4.78 is 27.8. The molecule has 1 heterocycles. The van der Waals surface area contributed by atoms with Crippen molar-refractivity contribution >= 4 is 31.6 Å². The Kier molecular flexibility index (Phi) is 5.42. The molecule has 1 aliphatic heterocycles. The van der Waals surface area contributed by atoms with Crippen molar-refractivity contribution in [2.24, 2.45) is 0 Å². The van der Waals surface area contributed by atoms with Crippen LogP contribution >= 0.6 is 15.9 Å². The highest BCUT2D eigenvalue weighted by atomic mass is 79.9. The van der Waals surface area contributed by atoms with Crippen LogP contribution in [0.1, 0.15) is 5.56 Å². The number of rotatable bonds is 5. The highest BCUT2D eigenvalue weighted by Gasteiger charge is 2.15. The molecule has 0 atom stereocenters. The van der Waals surface area contributed by atoms with Crippen molar-refractivity contribution in [3.63, 3.8) is 0 Å². The first-order valence-electron chi connectivity index (χ1n) is 6.66. The first-order chi connectivity index (χ1) is 9.46. The number of benzene rings is 1. The van der Waals surface area contributed by atoms with Gasteiger partial charge in [0.15, 0.2) is 0 Å². The molecule has 0 amide bonds. The van der Waals surface area contributed by atoms with Gasteiger partial charge in [-0.05, 0) is 30.7 Å². The van der Waals surface area contributed by atoms with Gasteiger partial charge in [-0.3, -0.25) is 9.62 Å². The van der Waals surface area contributed by atoms with Crippen molar-refractivity contribution in [3.05, 3.63) is 28.2 Å². The number of hydrogen-bond acceptors (Lipinski definition) is 4. The lowest BCUT2D eigenvalue weighted by Crippen LogP contribution is -2.45. The van der Waals surface area contributed by atoms with Crippen molar-refractivity contribution in [3.8, 4) is 0 Å². The van der Waals surface area contributed by atoms with E-state index in [-0.39, 0.29) is 5.75 Å². The molecule has 7 heteroatoms. The summed E-state index contributed by atoms with van der Waals surface area (Å²) in [7, 11) is -3.29. The number of halogens is 1. The van der Waals surface area contributed by atoms with Crippen molar-refractivity contribution in [1.29, 1.82) is 0 Å². The van der Waals surface area contributed by atoms with Gasteiger partial charge in [-0.1, -0.05) is 15.9 Å². The number of sulfonamides is 1. The largest absolute Gasteiger partial charge is 0.314 e. The Morgan fingerprint density at radius 2 is 2.05 bits per heavy atom. The van der Waals surface area contributed by atoms with E-state index in [1.165, 1.54) is 0 Å². The van der Waals surface area contributed by atoms with Crippen molar-refractivity contribution in [2.45, 2.75) is 6.92 Å². The van der Waals surface area contributed by atoms with Gasteiger partial charge in [-0.2, -0.15) is 0 Å². The molecule has 1 saturated heterocycles. The highest BCUT2D eigenvalue weighted by molar-refractivity contribution is 9.10. The zero-order valence-electron chi connectivity index (χ0n) is 11.5. The predicted octanol–water partition coefficient (Wildman–Crippen LogP) is 1.40. The van der Waals surface area contributed by atoms with E-state index in [9.17, 15) is 8.42 Å². The Morgan fingerprint density at radius 1 is 1.35 bits per heavy atom. The molecule has 2 rings (SSSR count). The summed E-state index contributed by atoms with van der Waals surface area (Å²) >= 11 is 3.40. The molecule has 1 aromatic carbocycles. The topological polar surface area (TPSA) is 61.4 Å². The van der Waals surface area contributed by atoms with E-state index >= 15 is 0 Å². The summed E-state index contributed by atoms with van der Waals surface area (Å²) in [6.07, 6.45) is 0. The van der Waals surface area contributed by atoms with Gasteiger partial charge >= 0.3 is 0 Å². The number of nitrogens with zero attached hydrogens (tertiary/aromatic N) is 1. The molecule has 0 aliphatic carbocycles. The number of piperazine rings is 1. The lowest BCUT2D eigenvalue weighted by molar-refractivity contribution is 0.254. The standard InChI is InChI=1S/C13H20BrN3O2S/c1-11-10-12(2-3-13(11)14)16-20(18,19)9-8-17-6-4-15-5-7-17/h2-3,10,15-16H,4-9H2,1H3. The molecule has 0 unspecified atom stereocenters. The third-order valence-corrected chi connectivity index (χ3v) is 5.47. The lowest BCUT2D eigenvalue weighted by Gasteiger charge is -2.26. The van der Waals surface area contributed by atoms with Crippen LogP contribution in [0.5, 0.6) is 0 Å². The molecule has 1 fully saturated rings. The van der Waals surface area contributed by atoms with Crippen LogP contribution in [0, 0.1) is 6.92 Å².